The van der Waals surface area contributed by atoms with Crippen LogP contribution in [0.25, 0.3) is 0 Å². The average molecular weight is 539 g/mol. The van der Waals surface area contributed by atoms with Gasteiger partial charge in [0.1, 0.15) is 12.6 Å². The number of hydrogen-bond donors (Lipinski definition) is 2. The van der Waals surface area contributed by atoms with Crippen LogP contribution in [0.2, 0.25) is 0 Å². The normalized spacial score (nSPS) is 21.0. The maximum Gasteiger partial charge on any atom is 0.472 e. The second-order valence-electron chi connectivity index (χ2n) is 11.6. The van der Waals surface area contributed by atoms with Crippen molar-refractivity contribution >= 4 is 7.82 Å². The summed E-state index contributed by atoms with van der Waals surface area (Å²) in [5.74, 6) is -1.59. The van der Waals surface area contributed by atoms with Crippen LogP contribution in [-0.2, 0) is 23.3 Å². The molecule has 0 aliphatic carbocycles. The SMILES string of the molecule is CCCCCCCCCCCCCCCCC[C@@H]1CO[C@H](C(C[N+](C)(C)C)(OC)OP(=O)(O)O)CO1. The third kappa shape index (κ3) is 16.0. The zero-order valence-corrected chi connectivity index (χ0v) is 24.8. The van der Waals surface area contributed by atoms with Gasteiger partial charge in [-0.3, -0.25) is 0 Å². The van der Waals surface area contributed by atoms with E-state index < -0.39 is 19.7 Å². The molecule has 8 nitrogen and oxygen atoms in total. The predicted molar refractivity (Wildman–Crippen MR) is 145 cm³/mol. The molecule has 1 rings (SSSR count). The molecule has 36 heavy (non-hydrogen) atoms. The number of phosphoric ester groups is 1. The Balaban J connectivity index is 2.15. The second kappa shape index (κ2) is 18.3. The van der Waals surface area contributed by atoms with Crippen LogP contribution in [0.4, 0.5) is 0 Å². The Bertz CT molecular complexity index is 587. The first-order valence-corrected chi connectivity index (χ1v) is 15.9. The molecule has 1 heterocycles. The van der Waals surface area contributed by atoms with E-state index in [1.807, 2.05) is 21.1 Å². The lowest BCUT2D eigenvalue weighted by molar-refractivity contribution is -0.881. The fourth-order valence-electron chi connectivity index (χ4n) is 4.99. The molecule has 1 fully saturated rings. The number of ether oxygens (including phenoxy) is 3. The number of unbranched alkanes of at least 4 members (excludes halogenated alkanes) is 14. The molecule has 0 spiro atoms. The Hall–Kier alpha value is -0.0500. The van der Waals surface area contributed by atoms with Gasteiger partial charge in [-0.15, -0.1) is 0 Å². The topological polar surface area (TPSA) is 94.5 Å². The summed E-state index contributed by atoms with van der Waals surface area (Å²) in [6.07, 6.45) is 20.4. The fraction of sp³-hybridized carbons (Fsp3) is 1.00. The monoisotopic (exact) mass is 538 g/mol. The summed E-state index contributed by atoms with van der Waals surface area (Å²) in [6.45, 7) is 3.02. The lowest BCUT2D eigenvalue weighted by atomic mass is 10.0. The van der Waals surface area contributed by atoms with E-state index in [1.54, 1.807) is 0 Å². The van der Waals surface area contributed by atoms with Crippen molar-refractivity contribution < 1.29 is 37.6 Å². The van der Waals surface area contributed by atoms with E-state index in [0.717, 1.165) is 12.8 Å². The van der Waals surface area contributed by atoms with Crippen molar-refractivity contribution in [2.75, 3.05) is 48.0 Å². The van der Waals surface area contributed by atoms with Crippen LogP contribution in [0.3, 0.4) is 0 Å². The molecule has 1 saturated heterocycles. The molecule has 1 aliphatic rings. The Kier molecular flexibility index (Phi) is 17.2. The Labute approximate surface area is 221 Å². The minimum Gasteiger partial charge on any atom is -0.373 e. The standard InChI is InChI=1S/C27H56NO7P/c1-6-7-8-9-10-11-12-13-14-15-16-17-18-19-20-21-25-22-34-26(23-33-25)27(32-5,24-28(2,3)4)35-36(29,30)31/h25-26H,6-24H2,1-5H3,(H-,29,30,31)/p+1/t25-,26+,27?/m1/s1. The van der Waals surface area contributed by atoms with Crippen molar-refractivity contribution in [1.82, 2.24) is 0 Å². The Morgan fingerprint density at radius 3 is 1.64 bits per heavy atom. The molecule has 3 atom stereocenters. The molecule has 0 radical (unpaired) electrons. The van der Waals surface area contributed by atoms with Crippen LogP contribution < -0.4 is 0 Å². The second-order valence-corrected chi connectivity index (χ2v) is 12.7. The Morgan fingerprint density at radius 2 is 1.28 bits per heavy atom. The van der Waals surface area contributed by atoms with Gasteiger partial charge in [-0.1, -0.05) is 103 Å². The molecule has 0 aromatic rings. The quantitative estimate of drug-likeness (QED) is 0.0734. The summed E-state index contributed by atoms with van der Waals surface area (Å²) in [6, 6.07) is 0. The van der Waals surface area contributed by atoms with Crippen LogP contribution >= 0.6 is 7.82 Å². The summed E-state index contributed by atoms with van der Waals surface area (Å²) < 4.78 is 34.7. The minimum atomic E-state index is -4.79. The highest BCUT2D eigenvalue weighted by molar-refractivity contribution is 7.46. The lowest BCUT2D eigenvalue weighted by Crippen LogP contribution is -2.61. The van der Waals surface area contributed by atoms with Gasteiger partial charge in [0.2, 0.25) is 0 Å². The molecule has 0 amide bonds. The summed E-state index contributed by atoms with van der Waals surface area (Å²) in [7, 11) is 2.30. The highest BCUT2D eigenvalue weighted by atomic mass is 31.2. The van der Waals surface area contributed by atoms with Crippen molar-refractivity contribution in [3.63, 3.8) is 0 Å². The van der Waals surface area contributed by atoms with Crippen LogP contribution in [-0.4, -0.2) is 80.3 Å². The summed E-state index contributed by atoms with van der Waals surface area (Å²) >= 11 is 0. The number of hydrogen-bond acceptors (Lipinski definition) is 5. The minimum absolute atomic E-state index is 0.00281. The van der Waals surface area contributed by atoms with Crippen molar-refractivity contribution in [1.29, 1.82) is 0 Å². The van der Waals surface area contributed by atoms with Crippen LogP contribution in [0.5, 0.6) is 0 Å². The Morgan fingerprint density at radius 1 is 0.806 bits per heavy atom. The molecule has 2 N–H and O–H groups in total. The molecule has 0 bridgehead atoms. The number of phosphoric acid groups is 1. The van der Waals surface area contributed by atoms with E-state index >= 15 is 0 Å². The van der Waals surface area contributed by atoms with Crippen molar-refractivity contribution in [2.45, 2.75) is 128 Å². The van der Waals surface area contributed by atoms with Crippen LogP contribution in [0.1, 0.15) is 110 Å². The highest BCUT2D eigenvalue weighted by Crippen LogP contribution is 2.44. The van der Waals surface area contributed by atoms with Gasteiger partial charge in [0.15, 0.2) is 0 Å². The van der Waals surface area contributed by atoms with Crippen LogP contribution in [0.15, 0.2) is 0 Å². The van der Waals surface area contributed by atoms with Gasteiger partial charge in [-0.25, -0.2) is 9.09 Å². The molecular formula is C27H57NO7P+. The average Bonchev–Trinajstić information content (AvgIpc) is 2.79. The maximum atomic E-state index is 11.7. The summed E-state index contributed by atoms with van der Waals surface area (Å²) in [4.78, 5) is 18.9. The summed E-state index contributed by atoms with van der Waals surface area (Å²) in [5, 5.41) is 0. The van der Waals surface area contributed by atoms with E-state index in [1.165, 1.54) is 97.0 Å². The highest BCUT2D eigenvalue weighted by Gasteiger charge is 2.52. The summed E-state index contributed by atoms with van der Waals surface area (Å²) in [5.41, 5.74) is 0. The number of likely N-dealkylation sites (N-methyl/N-ethyl adjacent to an activating group) is 1. The van der Waals surface area contributed by atoms with Gasteiger partial charge in [-0.2, -0.15) is 0 Å². The van der Waals surface area contributed by atoms with E-state index in [9.17, 15) is 14.4 Å². The van der Waals surface area contributed by atoms with E-state index in [-0.39, 0.29) is 19.3 Å². The first-order chi connectivity index (χ1) is 17.0. The first kappa shape index (κ1) is 34.0. The van der Waals surface area contributed by atoms with Gasteiger partial charge < -0.3 is 28.5 Å². The fourth-order valence-corrected chi connectivity index (χ4v) is 5.64. The zero-order chi connectivity index (χ0) is 26.9. The van der Waals surface area contributed by atoms with E-state index in [2.05, 4.69) is 6.92 Å². The molecule has 9 heteroatoms. The van der Waals surface area contributed by atoms with Crippen molar-refractivity contribution in [3.8, 4) is 0 Å². The molecular weight excluding hydrogens is 481 g/mol. The molecule has 0 saturated carbocycles. The molecule has 1 unspecified atom stereocenters. The van der Waals surface area contributed by atoms with Gasteiger partial charge in [0.25, 0.3) is 5.79 Å². The molecule has 216 valence electrons. The van der Waals surface area contributed by atoms with Gasteiger partial charge in [0, 0.05) is 7.11 Å². The smallest absolute Gasteiger partial charge is 0.373 e. The van der Waals surface area contributed by atoms with E-state index in [4.69, 9.17) is 18.7 Å². The van der Waals surface area contributed by atoms with Gasteiger partial charge in [-0.05, 0) is 6.42 Å². The zero-order valence-electron chi connectivity index (χ0n) is 23.9. The van der Waals surface area contributed by atoms with Crippen LogP contribution in [0, 0.1) is 0 Å². The predicted octanol–water partition coefficient (Wildman–Crippen LogP) is 6.19. The van der Waals surface area contributed by atoms with E-state index in [0.29, 0.717) is 11.1 Å². The number of rotatable bonds is 22. The largest absolute Gasteiger partial charge is 0.472 e. The third-order valence-corrected chi connectivity index (χ3v) is 7.45. The lowest BCUT2D eigenvalue weighted by Gasteiger charge is -2.44. The maximum absolute atomic E-state index is 11.7. The van der Waals surface area contributed by atoms with Crippen molar-refractivity contribution in [3.05, 3.63) is 0 Å². The third-order valence-electron chi connectivity index (χ3n) is 6.90. The number of nitrogens with zero attached hydrogens (tertiary/aromatic N) is 1. The van der Waals surface area contributed by atoms with Crippen molar-refractivity contribution in [2.24, 2.45) is 0 Å². The molecule has 0 aromatic heterocycles. The number of quaternary nitrogens is 1. The van der Waals surface area contributed by atoms with Gasteiger partial charge in [0.05, 0.1) is 40.5 Å². The number of methoxy groups -OCH3 is 1. The molecule has 1 aliphatic heterocycles. The molecule has 0 aromatic carbocycles. The first-order valence-electron chi connectivity index (χ1n) is 14.4. The van der Waals surface area contributed by atoms with Gasteiger partial charge >= 0.3 is 7.82 Å².